The number of hydrogen-bond donors (Lipinski definition) is 2. The summed E-state index contributed by atoms with van der Waals surface area (Å²) < 4.78 is 17.2. The van der Waals surface area contributed by atoms with Crippen LogP contribution in [-0.2, 0) is 16.0 Å². The van der Waals surface area contributed by atoms with Gasteiger partial charge in [-0.3, -0.25) is 0 Å². The molecule has 0 amide bonds. The third-order valence-corrected chi connectivity index (χ3v) is 4.68. The second-order valence-corrected chi connectivity index (χ2v) is 8.10. The summed E-state index contributed by atoms with van der Waals surface area (Å²) in [7, 11) is 0. The van der Waals surface area contributed by atoms with E-state index in [1.807, 2.05) is 0 Å². The van der Waals surface area contributed by atoms with Crippen molar-refractivity contribution in [2.24, 2.45) is 16.8 Å². The van der Waals surface area contributed by atoms with E-state index in [0.29, 0.717) is 25.0 Å². The summed E-state index contributed by atoms with van der Waals surface area (Å²) in [6.45, 7) is 14.7. The van der Waals surface area contributed by atoms with E-state index in [1.54, 1.807) is 0 Å². The maximum Gasteiger partial charge on any atom is 0.191 e. The van der Waals surface area contributed by atoms with Crippen LogP contribution < -0.4 is 15.4 Å². The molecule has 1 fully saturated rings. The molecule has 1 aromatic rings. The number of nitrogens with one attached hydrogen (secondary N) is 2. The molecular formula is C23H40IN3O3. The van der Waals surface area contributed by atoms with Crippen molar-refractivity contribution in [1.29, 1.82) is 0 Å². The fourth-order valence-electron chi connectivity index (χ4n) is 3.06. The Morgan fingerprint density at radius 2 is 2.13 bits per heavy atom. The average Bonchev–Trinajstić information content (AvgIpc) is 3.21. The molecule has 30 heavy (non-hydrogen) atoms. The van der Waals surface area contributed by atoms with Gasteiger partial charge in [-0.25, -0.2) is 4.99 Å². The van der Waals surface area contributed by atoms with Gasteiger partial charge in [0.15, 0.2) is 5.96 Å². The standard InChI is InChI=1S/C23H39N3O3.HI/c1-5-24-23(25-10-6-11-27-15-18(2)3)26-14-21-8-7-19(4)13-22(21)29-17-20-9-12-28-16-20;/h7-8,13,18,20H,5-6,9-12,14-17H2,1-4H3,(H2,24,25,26);1H. The molecule has 1 unspecified atom stereocenters. The maximum atomic E-state index is 6.13. The van der Waals surface area contributed by atoms with Crippen LogP contribution in [0.5, 0.6) is 5.75 Å². The van der Waals surface area contributed by atoms with Crippen molar-refractivity contribution in [3.63, 3.8) is 0 Å². The highest BCUT2D eigenvalue weighted by atomic mass is 127. The van der Waals surface area contributed by atoms with Crippen LogP contribution in [0.4, 0.5) is 0 Å². The number of nitrogens with zero attached hydrogens (tertiary/aromatic N) is 1. The normalized spacial score (nSPS) is 16.4. The van der Waals surface area contributed by atoms with E-state index in [1.165, 1.54) is 5.56 Å². The molecule has 172 valence electrons. The summed E-state index contributed by atoms with van der Waals surface area (Å²) in [6.07, 6.45) is 2.04. The van der Waals surface area contributed by atoms with Crippen molar-refractivity contribution >= 4 is 29.9 Å². The van der Waals surface area contributed by atoms with Crippen LogP contribution in [0.25, 0.3) is 0 Å². The summed E-state index contributed by atoms with van der Waals surface area (Å²) >= 11 is 0. The van der Waals surface area contributed by atoms with Crippen LogP contribution in [0.3, 0.4) is 0 Å². The van der Waals surface area contributed by atoms with Crippen LogP contribution in [-0.4, -0.2) is 52.1 Å². The molecule has 0 aromatic heterocycles. The highest BCUT2D eigenvalue weighted by Crippen LogP contribution is 2.23. The van der Waals surface area contributed by atoms with Crippen molar-refractivity contribution < 1.29 is 14.2 Å². The van der Waals surface area contributed by atoms with Gasteiger partial charge in [0.05, 0.1) is 19.8 Å². The Kier molecular flexibility index (Phi) is 14.1. The SMILES string of the molecule is CCNC(=NCc1ccc(C)cc1OCC1CCOC1)NCCCOCC(C)C.I. The minimum Gasteiger partial charge on any atom is -0.493 e. The van der Waals surface area contributed by atoms with Gasteiger partial charge in [-0.05, 0) is 44.2 Å². The Bertz CT molecular complexity index is 620. The number of guanidine groups is 1. The van der Waals surface area contributed by atoms with Crippen molar-refractivity contribution in [1.82, 2.24) is 10.6 Å². The maximum absolute atomic E-state index is 6.13. The van der Waals surface area contributed by atoms with Gasteiger partial charge in [0, 0.05) is 44.4 Å². The Hall–Kier alpha value is -1.06. The zero-order valence-electron chi connectivity index (χ0n) is 19.0. The Morgan fingerprint density at radius 1 is 1.30 bits per heavy atom. The Labute approximate surface area is 199 Å². The summed E-state index contributed by atoms with van der Waals surface area (Å²) in [5.74, 6) is 2.82. The molecule has 0 aliphatic carbocycles. The molecule has 2 rings (SSSR count). The van der Waals surface area contributed by atoms with E-state index in [9.17, 15) is 0 Å². The predicted octanol–water partition coefficient (Wildman–Crippen LogP) is 4.15. The first-order valence-corrected chi connectivity index (χ1v) is 11.0. The molecule has 1 atom stereocenters. The van der Waals surface area contributed by atoms with Gasteiger partial charge in [-0.1, -0.05) is 26.0 Å². The van der Waals surface area contributed by atoms with Gasteiger partial charge in [-0.15, -0.1) is 24.0 Å². The highest BCUT2D eigenvalue weighted by Gasteiger charge is 2.17. The summed E-state index contributed by atoms with van der Waals surface area (Å²) in [5, 5.41) is 6.70. The lowest BCUT2D eigenvalue weighted by Crippen LogP contribution is -2.38. The van der Waals surface area contributed by atoms with Crippen LogP contribution in [0.15, 0.2) is 23.2 Å². The number of rotatable bonds is 12. The molecule has 0 bridgehead atoms. The first kappa shape index (κ1) is 27.0. The Morgan fingerprint density at radius 3 is 2.83 bits per heavy atom. The van der Waals surface area contributed by atoms with Crippen LogP contribution >= 0.6 is 24.0 Å². The average molecular weight is 533 g/mol. The molecule has 0 spiro atoms. The number of aliphatic imine (C=N–C) groups is 1. The van der Waals surface area contributed by atoms with Crippen LogP contribution in [0.2, 0.25) is 0 Å². The zero-order valence-corrected chi connectivity index (χ0v) is 21.4. The molecule has 0 saturated carbocycles. The lowest BCUT2D eigenvalue weighted by molar-refractivity contribution is 0.108. The lowest BCUT2D eigenvalue weighted by atomic mass is 10.1. The van der Waals surface area contributed by atoms with Crippen molar-refractivity contribution in [3.8, 4) is 5.75 Å². The Balaban J connectivity index is 0.00000450. The molecule has 1 heterocycles. The van der Waals surface area contributed by atoms with Gasteiger partial charge >= 0.3 is 0 Å². The summed E-state index contributed by atoms with van der Waals surface area (Å²) in [4.78, 5) is 4.75. The number of ether oxygens (including phenoxy) is 3. The van der Waals surface area contributed by atoms with Crippen molar-refractivity contribution in [2.75, 3.05) is 46.1 Å². The fraction of sp³-hybridized carbons (Fsp3) is 0.696. The molecular weight excluding hydrogens is 493 g/mol. The van der Waals surface area contributed by atoms with Gasteiger partial charge < -0.3 is 24.8 Å². The predicted molar refractivity (Wildman–Crippen MR) is 134 cm³/mol. The van der Waals surface area contributed by atoms with Crippen molar-refractivity contribution in [2.45, 2.75) is 47.1 Å². The van der Waals surface area contributed by atoms with E-state index in [0.717, 1.165) is 69.6 Å². The van der Waals surface area contributed by atoms with Crippen molar-refractivity contribution in [3.05, 3.63) is 29.3 Å². The van der Waals surface area contributed by atoms with E-state index in [2.05, 4.69) is 56.5 Å². The molecule has 7 heteroatoms. The monoisotopic (exact) mass is 533 g/mol. The fourth-order valence-corrected chi connectivity index (χ4v) is 3.06. The van der Waals surface area contributed by atoms with Gasteiger partial charge in [0.1, 0.15) is 5.75 Å². The van der Waals surface area contributed by atoms with E-state index < -0.39 is 0 Å². The number of hydrogen-bond acceptors (Lipinski definition) is 4. The van der Waals surface area contributed by atoms with E-state index in [-0.39, 0.29) is 24.0 Å². The summed E-state index contributed by atoms with van der Waals surface area (Å²) in [5.41, 5.74) is 2.30. The topological polar surface area (TPSA) is 64.1 Å². The second-order valence-electron chi connectivity index (χ2n) is 8.10. The molecule has 6 nitrogen and oxygen atoms in total. The first-order valence-electron chi connectivity index (χ1n) is 11.0. The third-order valence-electron chi connectivity index (χ3n) is 4.68. The minimum atomic E-state index is 0. The van der Waals surface area contributed by atoms with Crippen LogP contribution in [0.1, 0.15) is 44.7 Å². The second kappa shape index (κ2) is 15.7. The lowest BCUT2D eigenvalue weighted by Gasteiger charge is -2.15. The molecule has 1 aliphatic heterocycles. The van der Waals surface area contributed by atoms with Crippen LogP contribution in [0, 0.1) is 18.8 Å². The molecule has 1 aromatic carbocycles. The number of aryl methyl sites for hydroxylation is 1. The van der Waals surface area contributed by atoms with E-state index in [4.69, 9.17) is 19.2 Å². The number of halogens is 1. The summed E-state index contributed by atoms with van der Waals surface area (Å²) in [6, 6.07) is 6.33. The quantitative estimate of drug-likeness (QED) is 0.183. The third kappa shape index (κ3) is 10.8. The van der Waals surface area contributed by atoms with E-state index >= 15 is 0 Å². The highest BCUT2D eigenvalue weighted by molar-refractivity contribution is 14.0. The molecule has 2 N–H and O–H groups in total. The van der Waals surface area contributed by atoms with Gasteiger partial charge in [0.2, 0.25) is 0 Å². The minimum absolute atomic E-state index is 0. The molecule has 1 saturated heterocycles. The zero-order chi connectivity index (χ0) is 20.9. The largest absolute Gasteiger partial charge is 0.493 e. The number of benzene rings is 1. The molecule has 0 radical (unpaired) electrons. The van der Waals surface area contributed by atoms with Gasteiger partial charge in [-0.2, -0.15) is 0 Å². The molecule has 1 aliphatic rings. The first-order chi connectivity index (χ1) is 14.1. The van der Waals surface area contributed by atoms with Gasteiger partial charge in [0.25, 0.3) is 0 Å². The smallest absolute Gasteiger partial charge is 0.191 e.